The molecule has 4 heteroatoms. The van der Waals surface area contributed by atoms with Gasteiger partial charge < -0.3 is 10.8 Å². The van der Waals surface area contributed by atoms with Gasteiger partial charge in [-0.1, -0.05) is 0 Å². The lowest BCUT2D eigenvalue weighted by Gasteiger charge is -2.17. The van der Waals surface area contributed by atoms with Crippen LogP contribution in [-0.4, -0.2) is 11.1 Å². The number of aliphatic hydroxyl groups excluding tert-OH is 1. The molecule has 0 bridgehead atoms. The van der Waals surface area contributed by atoms with E-state index in [1.807, 2.05) is 0 Å². The molecule has 0 saturated heterocycles. The van der Waals surface area contributed by atoms with Crippen molar-refractivity contribution in [2.24, 2.45) is 5.73 Å². The van der Waals surface area contributed by atoms with Crippen molar-refractivity contribution in [3.8, 4) is 0 Å². The Balaban J connectivity index is 2.53. The molecule has 2 rings (SSSR count). The fourth-order valence-corrected chi connectivity index (χ4v) is 2.05. The zero-order valence-corrected chi connectivity index (χ0v) is 8.21. The van der Waals surface area contributed by atoms with Crippen LogP contribution in [0.2, 0.25) is 0 Å². The van der Waals surface area contributed by atoms with E-state index < -0.39 is 23.8 Å². The minimum Gasteiger partial charge on any atom is -0.387 e. The summed E-state index contributed by atoms with van der Waals surface area (Å²) in [4.78, 5) is 0. The fourth-order valence-electron chi connectivity index (χ4n) is 2.05. The predicted molar refractivity (Wildman–Crippen MR) is 52.2 cm³/mol. The maximum Gasteiger partial charge on any atom is 0.129 e. The van der Waals surface area contributed by atoms with Gasteiger partial charge in [0.15, 0.2) is 0 Å². The number of hydrogen-bond donors (Lipinski definition) is 2. The first-order chi connectivity index (χ1) is 7.09. The van der Waals surface area contributed by atoms with Crippen LogP contribution in [0.5, 0.6) is 0 Å². The third kappa shape index (κ3) is 1.87. The summed E-state index contributed by atoms with van der Waals surface area (Å²) in [6.07, 6.45) is 0.879. The van der Waals surface area contributed by atoms with Crippen LogP contribution in [0.15, 0.2) is 12.1 Å². The summed E-state index contributed by atoms with van der Waals surface area (Å²) in [7, 11) is 0. The topological polar surface area (TPSA) is 46.2 Å². The fraction of sp³-hybridized carbons (Fsp3) is 0.455. The normalized spacial score (nSPS) is 25.9. The van der Waals surface area contributed by atoms with Crippen molar-refractivity contribution >= 4 is 0 Å². The quantitative estimate of drug-likeness (QED) is 0.644. The van der Waals surface area contributed by atoms with Gasteiger partial charge >= 0.3 is 0 Å². The Morgan fingerprint density at radius 3 is 2.80 bits per heavy atom. The van der Waals surface area contributed by atoms with Crippen LogP contribution in [0.4, 0.5) is 8.78 Å². The maximum atomic E-state index is 13.4. The first-order valence-electron chi connectivity index (χ1n) is 5.01. The lowest BCUT2D eigenvalue weighted by Crippen LogP contribution is -2.27. The zero-order chi connectivity index (χ0) is 11.0. The van der Waals surface area contributed by atoms with Gasteiger partial charge in [0.2, 0.25) is 0 Å². The molecule has 1 aliphatic carbocycles. The molecule has 0 aliphatic heterocycles. The standard InChI is InChI=1S/C11H13F2NO/c12-6-4-8-7(9(13)5-6)2-1-3-10(14)11(8)15/h4-5,10-11,15H,1-3,14H2/t10-,11+/m1/s1. The Bertz CT molecular complexity index is 381. The lowest BCUT2D eigenvalue weighted by molar-refractivity contribution is 0.143. The molecule has 3 N–H and O–H groups in total. The Labute approximate surface area is 86.7 Å². The first kappa shape index (κ1) is 10.5. The van der Waals surface area contributed by atoms with Gasteiger partial charge in [-0.3, -0.25) is 0 Å². The molecule has 0 saturated carbocycles. The van der Waals surface area contributed by atoms with E-state index in [2.05, 4.69) is 0 Å². The smallest absolute Gasteiger partial charge is 0.129 e. The Morgan fingerprint density at radius 2 is 2.07 bits per heavy atom. The van der Waals surface area contributed by atoms with E-state index in [0.717, 1.165) is 6.07 Å². The Morgan fingerprint density at radius 1 is 1.33 bits per heavy atom. The molecule has 0 radical (unpaired) electrons. The number of benzene rings is 1. The molecule has 0 fully saturated rings. The second-order valence-corrected chi connectivity index (χ2v) is 3.96. The van der Waals surface area contributed by atoms with E-state index in [1.165, 1.54) is 6.07 Å². The highest BCUT2D eigenvalue weighted by atomic mass is 19.1. The Hall–Kier alpha value is -1.00. The van der Waals surface area contributed by atoms with Crippen LogP contribution < -0.4 is 5.73 Å². The first-order valence-corrected chi connectivity index (χ1v) is 5.01. The van der Waals surface area contributed by atoms with E-state index in [4.69, 9.17) is 5.73 Å². The minimum absolute atomic E-state index is 0.303. The van der Waals surface area contributed by atoms with Crippen LogP contribution in [-0.2, 0) is 6.42 Å². The Kier molecular flexibility index (Phi) is 2.71. The molecule has 1 aliphatic rings. The van der Waals surface area contributed by atoms with Gasteiger partial charge in [0.1, 0.15) is 11.6 Å². The number of nitrogens with two attached hydrogens (primary N) is 1. The SMILES string of the molecule is N[C@@H]1CCCc2c(F)cc(F)cc2[C@@H]1O. The molecular weight excluding hydrogens is 200 g/mol. The maximum absolute atomic E-state index is 13.4. The summed E-state index contributed by atoms with van der Waals surface area (Å²) in [5.41, 5.74) is 6.40. The summed E-state index contributed by atoms with van der Waals surface area (Å²) in [6, 6.07) is 1.59. The van der Waals surface area contributed by atoms with Crippen LogP contribution in [0.1, 0.15) is 30.1 Å². The monoisotopic (exact) mass is 213 g/mol. The van der Waals surface area contributed by atoms with Crippen molar-refractivity contribution in [2.75, 3.05) is 0 Å². The average molecular weight is 213 g/mol. The molecule has 1 aromatic rings. The lowest BCUT2D eigenvalue weighted by atomic mass is 9.98. The highest BCUT2D eigenvalue weighted by molar-refractivity contribution is 5.33. The summed E-state index contributed by atoms with van der Waals surface area (Å²) >= 11 is 0. The molecule has 0 amide bonds. The molecule has 0 heterocycles. The van der Waals surface area contributed by atoms with Crippen molar-refractivity contribution in [2.45, 2.75) is 31.4 Å². The van der Waals surface area contributed by atoms with Gasteiger partial charge in [0.05, 0.1) is 6.10 Å². The number of fused-ring (bicyclic) bond motifs is 1. The van der Waals surface area contributed by atoms with E-state index in [9.17, 15) is 13.9 Å². The molecule has 2 nitrogen and oxygen atoms in total. The van der Waals surface area contributed by atoms with Crippen molar-refractivity contribution < 1.29 is 13.9 Å². The van der Waals surface area contributed by atoms with Gasteiger partial charge in [-0.25, -0.2) is 8.78 Å². The molecule has 0 unspecified atom stereocenters. The number of hydrogen-bond acceptors (Lipinski definition) is 2. The van der Waals surface area contributed by atoms with Crippen molar-refractivity contribution in [1.82, 2.24) is 0 Å². The van der Waals surface area contributed by atoms with Crippen LogP contribution in [0.25, 0.3) is 0 Å². The van der Waals surface area contributed by atoms with Crippen molar-refractivity contribution in [3.63, 3.8) is 0 Å². The van der Waals surface area contributed by atoms with Gasteiger partial charge in [-0.2, -0.15) is 0 Å². The summed E-state index contributed by atoms with van der Waals surface area (Å²) in [5, 5.41) is 9.80. The molecule has 15 heavy (non-hydrogen) atoms. The highest BCUT2D eigenvalue weighted by Gasteiger charge is 2.25. The van der Waals surface area contributed by atoms with E-state index >= 15 is 0 Å². The highest BCUT2D eigenvalue weighted by Crippen LogP contribution is 2.30. The molecule has 0 spiro atoms. The van der Waals surface area contributed by atoms with Gasteiger partial charge in [-0.15, -0.1) is 0 Å². The average Bonchev–Trinajstić information content (AvgIpc) is 2.30. The van der Waals surface area contributed by atoms with Crippen molar-refractivity contribution in [1.29, 1.82) is 0 Å². The van der Waals surface area contributed by atoms with Gasteiger partial charge in [-0.05, 0) is 36.5 Å². The largest absolute Gasteiger partial charge is 0.387 e. The second kappa shape index (κ2) is 3.87. The summed E-state index contributed by atoms with van der Waals surface area (Å²) in [6.45, 7) is 0. The van der Waals surface area contributed by atoms with Gasteiger partial charge in [0.25, 0.3) is 0 Å². The third-order valence-electron chi connectivity index (χ3n) is 2.88. The predicted octanol–water partition coefficient (Wildman–Crippen LogP) is 1.66. The molecule has 0 aromatic heterocycles. The summed E-state index contributed by atoms with van der Waals surface area (Å²) < 4.78 is 26.4. The van der Waals surface area contributed by atoms with Crippen LogP contribution >= 0.6 is 0 Å². The molecule has 82 valence electrons. The molecule has 1 aromatic carbocycles. The molecular formula is C11H13F2NO. The van der Waals surface area contributed by atoms with Crippen LogP contribution in [0, 0.1) is 11.6 Å². The van der Waals surface area contributed by atoms with E-state index in [-0.39, 0.29) is 0 Å². The van der Waals surface area contributed by atoms with E-state index in [1.54, 1.807) is 0 Å². The zero-order valence-electron chi connectivity index (χ0n) is 8.21. The second-order valence-electron chi connectivity index (χ2n) is 3.96. The third-order valence-corrected chi connectivity index (χ3v) is 2.88. The van der Waals surface area contributed by atoms with Crippen LogP contribution in [0.3, 0.4) is 0 Å². The minimum atomic E-state index is -0.965. The number of rotatable bonds is 0. The van der Waals surface area contributed by atoms with E-state index in [0.29, 0.717) is 30.4 Å². The molecule has 2 atom stereocenters. The van der Waals surface area contributed by atoms with Crippen molar-refractivity contribution in [3.05, 3.63) is 34.9 Å². The van der Waals surface area contributed by atoms with Gasteiger partial charge in [0, 0.05) is 12.1 Å². The number of halogens is 2. The summed E-state index contributed by atoms with van der Waals surface area (Å²) in [5.74, 6) is -1.25. The number of aliphatic hydroxyl groups is 1.